The van der Waals surface area contributed by atoms with Crippen LogP contribution in [-0.2, 0) is 27.2 Å². The Bertz CT molecular complexity index is 1120. The summed E-state index contributed by atoms with van der Waals surface area (Å²) >= 11 is 0. The number of benzene rings is 2. The molecule has 0 radical (unpaired) electrons. The van der Waals surface area contributed by atoms with E-state index in [1.54, 1.807) is 34.4 Å². The van der Waals surface area contributed by atoms with Gasteiger partial charge in [-0.1, -0.05) is 30.3 Å². The first-order chi connectivity index (χ1) is 18.4. The molecule has 9 nitrogen and oxygen atoms in total. The first kappa shape index (κ1) is 31.4. The van der Waals surface area contributed by atoms with Gasteiger partial charge in [0.1, 0.15) is 23.6 Å². The molecule has 39 heavy (non-hydrogen) atoms. The van der Waals surface area contributed by atoms with Gasteiger partial charge in [0.2, 0.25) is 17.7 Å². The maximum atomic E-state index is 14.0. The number of rotatable bonds is 13. The lowest BCUT2D eigenvalue weighted by Crippen LogP contribution is -2.55. The Kier molecular flexibility index (Phi) is 11.5. The Morgan fingerprint density at radius 3 is 1.74 bits per heavy atom. The summed E-state index contributed by atoms with van der Waals surface area (Å²) in [5, 5.41) is 2.66. The molecule has 0 saturated heterocycles. The number of nitrogens with one attached hydrogen (secondary N) is 1. The average Bonchev–Trinajstić information content (AvgIpc) is 2.93. The highest BCUT2D eigenvalue weighted by Crippen LogP contribution is 2.19. The van der Waals surface area contributed by atoms with Crippen LogP contribution < -0.4 is 20.5 Å². The quantitative estimate of drug-likeness (QED) is 0.379. The van der Waals surface area contributed by atoms with Crippen LogP contribution in [-0.4, -0.2) is 80.5 Å². The predicted molar refractivity (Wildman–Crippen MR) is 153 cm³/mol. The van der Waals surface area contributed by atoms with Crippen molar-refractivity contribution in [3.63, 3.8) is 0 Å². The van der Waals surface area contributed by atoms with Crippen LogP contribution in [0.4, 0.5) is 0 Å². The molecule has 0 aliphatic heterocycles. The normalized spacial score (nSPS) is 12.9. The second kappa shape index (κ2) is 14.3. The molecule has 212 valence electrons. The highest BCUT2D eigenvalue weighted by molar-refractivity contribution is 5.95. The van der Waals surface area contributed by atoms with Gasteiger partial charge in [0.15, 0.2) is 0 Å². The van der Waals surface area contributed by atoms with E-state index in [1.807, 2.05) is 62.4 Å². The van der Waals surface area contributed by atoms with E-state index in [2.05, 4.69) is 5.32 Å². The van der Waals surface area contributed by atoms with Crippen LogP contribution in [0.2, 0.25) is 0 Å². The Morgan fingerprint density at radius 1 is 0.872 bits per heavy atom. The van der Waals surface area contributed by atoms with Gasteiger partial charge in [-0.05, 0) is 61.7 Å². The maximum absolute atomic E-state index is 14.0. The van der Waals surface area contributed by atoms with E-state index in [9.17, 15) is 14.4 Å². The minimum atomic E-state index is -0.852. The van der Waals surface area contributed by atoms with Gasteiger partial charge in [-0.2, -0.15) is 0 Å². The Balaban J connectivity index is 2.37. The fourth-order valence-corrected chi connectivity index (χ4v) is 4.06. The number of carbonyl (C=O) groups excluding carboxylic acids is 3. The maximum Gasteiger partial charge on any atom is 0.246 e. The van der Waals surface area contributed by atoms with Gasteiger partial charge in [-0.3, -0.25) is 14.4 Å². The van der Waals surface area contributed by atoms with Crippen LogP contribution in [0.15, 0.2) is 60.7 Å². The van der Waals surface area contributed by atoms with Gasteiger partial charge >= 0.3 is 0 Å². The van der Waals surface area contributed by atoms with Crippen molar-refractivity contribution in [2.75, 3.05) is 35.4 Å². The van der Waals surface area contributed by atoms with E-state index in [1.165, 1.54) is 22.9 Å². The second-order valence-electron chi connectivity index (χ2n) is 10.2. The lowest BCUT2D eigenvalue weighted by Gasteiger charge is -2.34. The van der Waals surface area contributed by atoms with Crippen molar-refractivity contribution in [1.29, 1.82) is 0 Å². The van der Waals surface area contributed by atoms with Crippen molar-refractivity contribution in [3.8, 4) is 11.5 Å². The van der Waals surface area contributed by atoms with Crippen molar-refractivity contribution in [2.45, 2.75) is 50.7 Å². The van der Waals surface area contributed by atoms with E-state index in [0.717, 1.165) is 11.1 Å². The van der Waals surface area contributed by atoms with Gasteiger partial charge < -0.3 is 30.3 Å². The molecule has 2 atom stereocenters. The molecule has 0 aliphatic carbocycles. The van der Waals surface area contributed by atoms with E-state index < -0.39 is 17.6 Å². The summed E-state index contributed by atoms with van der Waals surface area (Å²) in [6.07, 6.45) is 4.22. The summed E-state index contributed by atoms with van der Waals surface area (Å²) in [5.41, 5.74) is 7.29. The van der Waals surface area contributed by atoms with Gasteiger partial charge in [0.05, 0.1) is 14.2 Å². The molecule has 0 heterocycles. The van der Waals surface area contributed by atoms with E-state index in [0.29, 0.717) is 24.3 Å². The number of nitrogens with two attached hydrogens (primary N) is 1. The van der Waals surface area contributed by atoms with Gasteiger partial charge in [-0.15, -0.1) is 0 Å². The molecule has 0 saturated carbocycles. The summed E-state index contributed by atoms with van der Waals surface area (Å²) in [6, 6.07) is 13.0. The molecule has 2 rings (SSSR count). The fraction of sp³-hybridized carbons (Fsp3) is 0.433. The van der Waals surface area contributed by atoms with E-state index in [4.69, 9.17) is 15.2 Å². The molecule has 2 aromatic carbocycles. The Morgan fingerprint density at radius 2 is 1.33 bits per heavy atom. The Labute approximate surface area is 231 Å². The largest absolute Gasteiger partial charge is 0.497 e. The molecule has 0 unspecified atom stereocenters. The molecule has 0 aliphatic rings. The fourth-order valence-electron chi connectivity index (χ4n) is 4.06. The van der Waals surface area contributed by atoms with Crippen LogP contribution in [0.3, 0.4) is 0 Å². The lowest BCUT2D eigenvalue weighted by atomic mass is 9.99. The zero-order chi connectivity index (χ0) is 29.2. The molecular weight excluding hydrogens is 496 g/mol. The average molecular weight is 539 g/mol. The van der Waals surface area contributed by atoms with Crippen LogP contribution in [0.25, 0.3) is 0 Å². The SMILES string of the molecule is CNC(=O)[C@@H](Cc1ccc(OC)cc1)N(C)C(=O)[C@@H](Cc1ccc(OC)cc1)N(C)C(=O)/C=C/CC(C)(C)N. The predicted octanol–water partition coefficient (Wildman–Crippen LogP) is 2.57. The third-order valence-electron chi connectivity index (χ3n) is 6.54. The number of ether oxygens (including phenoxy) is 2. The van der Waals surface area contributed by atoms with Crippen molar-refractivity contribution < 1.29 is 23.9 Å². The summed E-state index contributed by atoms with van der Waals surface area (Å²) < 4.78 is 10.5. The minimum Gasteiger partial charge on any atom is -0.497 e. The molecule has 3 N–H and O–H groups in total. The van der Waals surface area contributed by atoms with Crippen molar-refractivity contribution in [1.82, 2.24) is 15.1 Å². The van der Waals surface area contributed by atoms with Crippen LogP contribution in [0, 0.1) is 0 Å². The van der Waals surface area contributed by atoms with Gasteiger partial charge in [-0.25, -0.2) is 0 Å². The standard InChI is InChI=1S/C30H42N4O5/c1-30(2,31)18-8-9-27(35)33(4)26(20-22-12-16-24(39-7)17-13-22)29(37)34(5)25(28(36)32-3)19-21-10-14-23(38-6)15-11-21/h8-17,25-26H,18-20,31H2,1-7H3,(H,32,36)/b9-8+/t25-,26-/m1/s1. The number of amides is 3. The molecule has 9 heteroatoms. The monoisotopic (exact) mass is 538 g/mol. The lowest BCUT2D eigenvalue weighted by molar-refractivity contribution is -0.146. The summed E-state index contributed by atoms with van der Waals surface area (Å²) in [5.74, 6) is 0.409. The molecule has 3 amide bonds. The number of likely N-dealkylation sites (N-methyl/N-ethyl adjacent to an activating group) is 3. The summed E-state index contributed by atoms with van der Waals surface area (Å²) in [4.78, 5) is 42.8. The first-order valence-corrected chi connectivity index (χ1v) is 12.9. The molecular formula is C30H42N4O5. The van der Waals surface area contributed by atoms with E-state index >= 15 is 0 Å². The molecule has 0 bridgehead atoms. The summed E-state index contributed by atoms with van der Waals surface area (Å²) in [6.45, 7) is 3.75. The zero-order valence-electron chi connectivity index (χ0n) is 24.1. The van der Waals surface area contributed by atoms with Crippen molar-refractivity contribution in [3.05, 3.63) is 71.8 Å². The smallest absolute Gasteiger partial charge is 0.246 e. The number of hydrogen-bond donors (Lipinski definition) is 2. The molecule has 0 aromatic heterocycles. The molecule has 0 spiro atoms. The molecule has 2 aromatic rings. The van der Waals surface area contributed by atoms with Crippen molar-refractivity contribution >= 4 is 17.7 Å². The number of carbonyl (C=O) groups is 3. The third-order valence-corrected chi connectivity index (χ3v) is 6.54. The Hall–Kier alpha value is -3.85. The first-order valence-electron chi connectivity index (χ1n) is 12.9. The highest BCUT2D eigenvalue weighted by Gasteiger charge is 2.34. The second-order valence-corrected chi connectivity index (χ2v) is 10.2. The van der Waals surface area contributed by atoms with Gasteiger partial charge in [0, 0.05) is 39.5 Å². The number of methoxy groups -OCH3 is 2. The van der Waals surface area contributed by atoms with Crippen molar-refractivity contribution in [2.24, 2.45) is 5.73 Å². The molecule has 0 fully saturated rings. The zero-order valence-corrected chi connectivity index (χ0v) is 24.1. The summed E-state index contributed by atoms with van der Waals surface area (Å²) in [7, 11) is 7.90. The number of hydrogen-bond acceptors (Lipinski definition) is 6. The number of nitrogens with zero attached hydrogens (tertiary/aromatic N) is 2. The minimum absolute atomic E-state index is 0.259. The van der Waals surface area contributed by atoms with Gasteiger partial charge in [0.25, 0.3) is 0 Å². The van der Waals surface area contributed by atoms with Crippen LogP contribution in [0.1, 0.15) is 31.4 Å². The van der Waals surface area contributed by atoms with E-state index in [-0.39, 0.29) is 24.1 Å². The van der Waals surface area contributed by atoms with Crippen LogP contribution in [0.5, 0.6) is 11.5 Å². The highest BCUT2D eigenvalue weighted by atomic mass is 16.5. The van der Waals surface area contributed by atoms with Crippen LogP contribution >= 0.6 is 0 Å². The topological polar surface area (TPSA) is 114 Å². The third kappa shape index (κ3) is 9.44.